The molecule has 0 fully saturated rings. The molecule has 0 aliphatic carbocycles. The molecule has 95 heavy (non-hydrogen) atoms. The third kappa shape index (κ3) is 21.5. The largest absolute Gasteiger partial charge is 1.00 e. The number of carboxylic acids is 1. The van der Waals surface area contributed by atoms with E-state index < -0.39 is 119 Å². The van der Waals surface area contributed by atoms with Crippen LogP contribution >= 0.6 is 0 Å². The first-order chi connectivity index (χ1) is 42.7. The number of nitrogens with one attached hydrogen (secondary N) is 2. The number of esters is 1. The normalized spacial score (nSPS) is 12.8. The van der Waals surface area contributed by atoms with Gasteiger partial charge >= 0.3 is 43.2 Å². The summed E-state index contributed by atoms with van der Waals surface area (Å²) >= 11 is 0. The second-order valence-corrected chi connectivity index (χ2v) is 25.1. The van der Waals surface area contributed by atoms with Gasteiger partial charge in [-0.3, -0.25) is 28.8 Å². The summed E-state index contributed by atoms with van der Waals surface area (Å²) < 4.78 is 122. The fraction of sp³-hybridized carbons (Fsp3) is 0.457. The fourth-order valence-electron chi connectivity index (χ4n) is 11.9. The molecule has 2 heterocycles. The number of ether oxygens (including phenoxy) is 1. The van der Waals surface area contributed by atoms with Crippen LogP contribution in [0.1, 0.15) is 150 Å². The van der Waals surface area contributed by atoms with Crippen LogP contribution in [-0.4, -0.2) is 107 Å². The number of nitrogens with zero attached hydrogens (tertiary/aromatic N) is 4. The van der Waals surface area contributed by atoms with Crippen molar-refractivity contribution >= 4 is 23.8 Å². The van der Waals surface area contributed by atoms with E-state index in [4.69, 9.17) is 4.74 Å². The Kier molecular flexibility index (Phi) is 30.8. The van der Waals surface area contributed by atoms with Crippen LogP contribution in [0, 0.1) is 78.9 Å². The van der Waals surface area contributed by atoms with Crippen molar-refractivity contribution in [2.24, 2.45) is 11.8 Å². The second-order valence-electron chi connectivity index (χ2n) is 25.1. The summed E-state index contributed by atoms with van der Waals surface area (Å²) in [4.78, 5) is 82.3. The Morgan fingerprint density at radius 1 is 0.537 bits per heavy atom. The average Bonchev–Trinajstić information content (AvgIpc) is 0.799. The van der Waals surface area contributed by atoms with Crippen LogP contribution in [0.3, 0.4) is 0 Å². The smallest absolute Gasteiger partial charge is 0.870 e. The molecule has 0 radical (unpaired) electrons. The van der Waals surface area contributed by atoms with Crippen molar-refractivity contribution in [3.63, 3.8) is 0 Å². The van der Waals surface area contributed by atoms with Crippen molar-refractivity contribution in [3.05, 3.63) is 183 Å². The van der Waals surface area contributed by atoms with Crippen LogP contribution in [0.4, 0.5) is 35.1 Å². The Hall–Kier alpha value is -7.46. The summed E-state index contributed by atoms with van der Waals surface area (Å²) in [6.45, 7) is 23.6. The molecule has 4 atom stereocenters. The number of aryl methyl sites for hydroxylation is 8. The van der Waals surface area contributed by atoms with Crippen molar-refractivity contribution in [1.82, 2.24) is 29.6 Å². The van der Waals surface area contributed by atoms with E-state index in [1.807, 2.05) is 65.8 Å². The molecular weight excluding hydrogens is 1240 g/mol. The average molecular weight is 1330 g/mol. The summed E-state index contributed by atoms with van der Waals surface area (Å²) in [5.41, 5.74) is 5.11. The zero-order valence-electron chi connectivity index (χ0n) is 57.4. The summed E-state index contributed by atoms with van der Waals surface area (Å²) in [6, 6.07) is 10.4. The quantitative estimate of drug-likeness (QED) is 0.0309. The zero-order valence-corrected chi connectivity index (χ0v) is 57.4. The minimum absolute atomic E-state index is 0. The predicted molar refractivity (Wildman–Crippen MR) is 344 cm³/mol. The topological polar surface area (TPSA) is 232 Å². The minimum atomic E-state index is -4.78. The molecule has 516 valence electrons. The maximum absolute atomic E-state index is 15.9. The monoisotopic (exact) mass is 1330 g/mol. The van der Waals surface area contributed by atoms with E-state index in [-0.39, 0.29) is 90.2 Å². The summed E-state index contributed by atoms with van der Waals surface area (Å²) in [5.74, 6) is -6.02. The number of rotatable bonds is 23. The van der Waals surface area contributed by atoms with Crippen LogP contribution in [0.25, 0.3) is 22.3 Å². The van der Waals surface area contributed by atoms with Gasteiger partial charge in [0.05, 0.1) is 42.7 Å². The molecule has 6 rings (SSSR count). The molecule has 0 saturated heterocycles. The van der Waals surface area contributed by atoms with Crippen molar-refractivity contribution in [2.45, 2.75) is 152 Å². The zero-order chi connectivity index (χ0) is 69.3. The summed E-state index contributed by atoms with van der Waals surface area (Å²) in [5, 5.41) is 15.1. The molecule has 0 aliphatic heterocycles. The molecule has 6 aromatic rings. The first-order valence-corrected chi connectivity index (χ1v) is 30.4. The number of alkyl halides is 6. The molecular formula is C70H88F8LiN6O10-. The standard InChI is InChI=1S/C36H45F4N3O4.C34H41F4N3O4.Li.2H2O/c1-10-47-31(45)18-29(27-16-26(15-24(7)33(27)37)32-22(5)13-21(4)14-23(32)6)41-35(46)34(20(2)3)43-19-25(11-12-42(8)9)28(17-30(43)44)36(38,39)40;1-18(2)32(41-17-23(9-10-40(7)8)26(15-28(41)42)34(36,37)38)33(45)39-27(16-29(43)44)25-14-24(13-22(6)31(25)35)30-20(4)11-19(3)12-21(30)5;;;/h13-17,19-20,29,34H,10-12,18H2,1-9H3,(H,41,46);11-15,17-18,27,32H,9-10,16H2,1-8H3,(H,39,45)(H,43,44);;2*1H2/q;;+1;;/p-2/t29-,34?;27-,32?;;;/m00.../s1. The molecule has 2 amide bonds. The number of likely N-dealkylation sites (N-methyl/N-ethyl adjacent to an activating group) is 2. The Morgan fingerprint density at radius 2 is 0.863 bits per heavy atom. The predicted octanol–water partition coefficient (Wildman–Crippen LogP) is 10.2. The van der Waals surface area contributed by atoms with Crippen molar-refractivity contribution in [1.29, 1.82) is 0 Å². The summed E-state index contributed by atoms with van der Waals surface area (Å²) in [7, 11) is 6.84. The van der Waals surface area contributed by atoms with Crippen molar-refractivity contribution < 1.29 is 94.0 Å². The van der Waals surface area contributed by atoms with Crippen LogP contribution in [0.5, 0.6) is 0 Å². The molecule has 0 aliphatic rings. The third-order valence-electron chi connectivity index (χ3n) is 15.9. The number of hydrogen-bond donors (Lipinski definition) is 3. The number of pyridine rings is 2. The second kappa shape index (κ2) is 35.0. The van der Waals surface area contributed by atoms with E-state index >= 15 is 8.78 Å². The van der Waals surface area contributed by atoms with Crippen LogP contribution in [0.15, 0.2) is 82.6 Å². The van der Waals surface area contributed by atoms with E-state index in [2.05, 4.69) is 10.6 Å². The number of carboxylic acid groups (broad SMARTS) is 1. The van der Waals surface area contributed by atoms with E-state index in [0.29, 0.717) is 28.8 Å². The molecule has 0 saturated carbocycles. The van der Waals surface area contributed by atoms with Gasteiger partial charge in [0.1, 0.15) is 23.7 Å². The number of aliphatic carboxylic acids is 1. The Balaban J connectivity index is 0.000000627. The van der Waals surface area contributed by atoms with Crippen LogP contribution in [-0.2, 0) is 49.1 Å². The molecule has 2 unspecified atom stereocenters. The Labute approximate surface area is 562 Å². The van der Waals surface area contributed by atoms with Crippen molar-refractivity contribution in [2.75, 3.05) is 47.9 Å². The first kappa shape index (κ1) is 83.6. The van der Waals surface area contributed by atoms with Crippen molar-refractivity contribution in [3.8, 4) is 22.3 Å². The Bertz CT molecular complexity index is 3780. The van der Waals surface area contributed by atoms with Gasteiger partial charge in [-0.2, -0.15) is 26.3 Å². The molecule has 5 N–H and O–H groups in total. The van der Waals surface area contributed by atoms with Crippen LogP contribution < -0.4 is 40.6 Å². The minimum Gasteiger partial charge on any atom is -0.870 e. The maximum Gasteiger partial charge on any atom is 1.00 e. The fourth-order valence-corrected chi connectivity index (χ4v) is 11.9. The van der Waals surface area contributed by atoms with Crippen LogP contribution in [0.2, 0.25) is 0 Å². The number of halogens is 8. The van der Waals surface area contributed by atoms with Gasteiger partial charge in [-0.15, -0.1) is 0 Å². The van der Waals surface area contributed by atoms with Gasteiger partial charge in [0.2, 0.25) is 11.8 Å². The maximum atomic E-state index is 15.9. The number of carbonyl (C=O) groups excluding carboxylic acids is 3. The van der Waals surface area contributed by atoms with E-state index in [1.165, 1.54) is 6.07 Å². The molecule has 0 spiro atoms. The number of aromatic nitrogens is 2. The van der Waals surface area contributed by atoms with E-state index in [0.717, 1.165) is 66.0 Å². The van der Waals surface area contributed by atoms with Gasteiger partial charge < -0.3 is 50.4 Å². The van der Waals surface area contributed by atoms with Gasteiger partial charge in [-0.25, -0.2) is 8.78 Å². The van der Waals surface area contributed by atoms with Gasteiger partial charge in [0.25, 0.3) is 11.1 Å². The van der Waals surface area contributed by atoms with Gasteiger partial charge in [-0.05, 0) is 206 Å². The number of benzene rings is 4. The molecule has 2 aromatic heterocycles. The third-order valence-corrected chi connectivity index (χ3v) is 15.9. The Morgan fingerprint density at radius 3 is 1.15 bits per heavy atom. The molecule has 4 aromatic carbocycles. The van der Waals surface area contributed by atoms with E-state index in [9.17, 15) is 60.2 Å². The molecule has 16 nitrogen and oxygen atoms in total. The molecule has 25 heteroatoms. The summed E-state index contributed by atoms with van der Waals surface area (Å²) in [6.07, 6.45) is -8.54. The molecule has 0 bridgehead atoms. The van der Waals surface area contributed by atoms with Gasteiger partial charge in [-0.1, -0.05) is 63.1 Å². The van der Waals surface area contributed by atoms with Gasteiger partial charge in [0.15, 0.2) is 0 Å². The number of hydrogen-bond acceptors (Lipinski definition) is 11. The first-order valence-electron chi connectivity index (χ1n) is 30.4. The van der Waals surface area contributed by atoms with E-state index in [1.54, 1.807) is 105 Å². The van der Waals surface area contributed by atoms with Gasteiger partial charge in [0, 0.05) is 48.7 Å². The number of carbonyl (C=O) groups is 4. The SMILES string of the molecule is CCOC(=O)C[C@H](NC(=O)C(C(C)C)n1cc(CCN(C)C)c(C(F)(F)F)cc1=O)c1cc(-c2c(C)cc(C)cc2C)cc(C)c1F.Cc1cc(C)c(-c2cc(C)c(F)c([C@H](CC(=O)O)NC(=O)C(C(C)C)n3cc(CCN(C)C)c(C(F)(F)F)cc3=O)c2)c(C)c1.[Li+].[OH-].[OH-]. The number of amides is 2.